The number of nitrogens with two attached hydrogens (primary N) is 1. The van der Waals surface area contributed by atoms with Crippen molar-refractivity contribution in [2.45, 2.75) is 64.0 Å². The Kier molecular flexibility index (Phi) is 5.31. The molecule has 0 spiro atoms. The molecule has 19 heavy (non-hydrogen) atoms. The molecule has 1 atom stereocenters. The first-order valence-electron chi connectivity index (χ1n) is 7.36. The highest BCUT2D eigenvalue weighted by molar-refractivity contribution is 5.78. The maximum atomic E-state index is 5.97. The lowest BCUT2D eigenvalue weighted by molar-refractivity contribution is 0.440. The van der Waals surface area contributed by atoms with E-state index in [9.17, 15) is 0 Å². The molecule has 1 aromatic heterocycles. The fourth-order valence-electron chi connectivity index (χ4n) is 2.58. The van der Waals surface area contributed by atoms with Crippen LogP contribution in [0.5, 0.6) is 0 Å². The van der Waals surface area contributed by atoms with Crippen LogP contribution in [0.4, 0.5) is 0 Å². The second-order valence-electron chi connectivity index (χ2n) is 5.47. The van der Waals surface area contributed by atoms with E-state index in [1.807, 2.05) is 12.1 Å². The van der Waals surface area contributed by atoms with Crippen molar-refractivity contribution in [3.63, 3.8) is 0 Å². The van der Waals surface area contributed by atoms with Crippen LogP contribution >= 0.6 is 0 Å². The average molecular weight is 263 g/mol. The van der Waals surface area contributed by atoms with E-state index in [0.29, 0.717) is 18.0 Å². The summed E-state index contributed by atoms with van der Waals surface area (Å²) in [5.41, 5.74) is 5.97. The predicted molar refractivity (Wildman–Crippen MR) is 78.1 cm³/mol. The van der Waals surface area contributed by atoms with Crippen LogP contribution in [-0.2, 0) is 6.42 Å². The Hall–Kier alpha value is -1.45. The summed E-state index contributed by atoms with van der Waals surface area (Å²) in [6.45, 7) is 2.13. The Morgan fingerprint density at radius 2 is 2.26 bits per heavy atom. The van der Waals surface area contributed by atoms with Gasteiger partial charge in [-0.1, -0.05) is 19.3 Å². The molecule has 4 heteroatoms. The fraction of sp³-hybridized carbons (Fsp3) is 0.667. The van der Waals surface area contributed by atoms with E-state index < -0.39 is 0 Å². The van der Waals surface area contributed by atoms with Crippen LogP contribution in [0.2, 0.25) is 0 Å². The normalized spacial score (nSPS) is 19.3. The Balaban J connectivity index is 1.71. The molecule has 3 N–H and O–H groups in total. The topological polar surface area (TPSA) is 63.5 Å². The van der Waals surface area contributed by atoms with Gasteiger partial charge in [0.25, 0.3) is 0 Å². The lowest BCUT2D eigenvalue weighted by atomic mass is 9.96. The van der Waals surface area contributed by atoms with Gasteiger partial charge in [-0.15, -0.1) is 0 Å². The summed E-state index contributed by atoms with van der Waals surface area (Å²) < 4.78 is 5.32. The van der Waals surface area contributed by atoms with Crippen LogP contribution in [0.1, 0.15) is 51.2 Å². The third-order valence-corrected chi connectivity index (χ3v) is 3.69. The summed E-state index contributed by atoms with van der Waals surface area (Å²) in [6.07, 6.45) is 9.93. The van der Waals surface area contributed by atoms with Crippen LogP contribution in [0, 0.1) is 0 Å². The molecule has 0 aromatic carbocycles. The first kappa shape index (κ1) is 14.0. The summed E-state index contributed by atoms with van der Waals surface area (Å²) in [7, 11) is 0. The molecular formula is C15H25N3O. The van der Waals surface area contributed by atoms with Crippen molar-refractivity contribution in [2.24, 2.45) is 10.7 Å². The van der Waals surface area contributed by atoms with Gasteiger partial charge in [0, 0.05) is 12.5 Å². The van der Waals surface area contributed by atoms with Gasteiger partial charge in [-0.25, -0.2) is 0 Å². The highest BCUT2D eigenvalue weighted by atomic mass is 16.3. The third kappa shape index (κ3) is 4.97. The molecular weight excluding hydrogens is 238 g/mol. The summed E-state index contributed by atoms with van der Waals surface area (Å²) in [6, 6.07) is 4.68. The molecule has 1 aliphatic carbocycles. The smallest absolute Gasteiger partial charge is 0.189 e. The molecule has 1 aliphatic rings. The van der Waals surface area contributed by atoms with Crippen molar-refractivity contribution >= 4 is 5.96 Å². The van der Waals surface area contributed by atoms with Crippen molar-refractivity contribution < 1.29 is 4.42 Å². The van der Waals surface area contributed by atoms with Gasteiger partial charge in [-0.2, -0.15) is 0 Å². The van der Waals surface area contributed by atoms with Crippen LogP contribution in [-0.4, -0.2) is 18.0 Å². The SMILES string of the molecule is CC(CCc1ccco1)NC(N)=NC1CCCCC1. The van der Waals surface area contributed by atoms with Crippen LogP contribution in [0.25, 0.3) is 0 Å². The second-order valence-corrected chi connectivity index (χ2v) is 5.47. The Morgan fingerprint density at radius 1 is 1.47 bits per heavy atom. The highest BCUT2D eigenvalue weighted by Gasteiger charge is 2.13. The van der Waals surface area contributed by atoms with Crippen LogP contribution < -0.4 is 11.1 Å². The molecule has 1 unspecified atom stereocenters. The molecule has 1 fully saturated rings. The van der Waals surface area contributed by atoms with Gasteiger partial charge < -0.3 is 15.5 Å². The largest absolute Gasteiger partial charge is 0.469 e. The number of aliphatic imine (C=N–C) groups is 1. The van der Waals surface area contributed by atoms with Crippen molar-refractivity contribution in [1.29, 1.82) is 0 Å². The summed E-state index contributed by atoms with van der Waals surface area (Å²) in [4.78, 5) is 4.58. The number of aryl methyl sites for hydroxylation is 1. The van der Waals surface area contributed by atoms with Crippen molar-refractivity contribution in [3.8, 4) is 0 Å². The average Bonchev–Trinajstić information content (AvgIpc) is 2.90. The number of furan rings is 1. The quantitative estimate of drug-likeness (QED) is 0.634. The number of guanidine groups is 1. The van der Waals surface area contributed by atoms with Crippen LogP contribution in [0.15, 0.2) is 27.8 Å². The molecule has 1 heterocycles. The zero-order valence-corrected chi connectivity index (χ0v) is 11.8. The Labute approximate surface area is 115 Å². The van der Waals surface area contributed by atoms with Gasteiger partial charge >= 0.3 is 0 Å². The van der Waals surface area contributed by atoms with E-state index in [0.717, 1.165) is 18.6 Å². The first-order chi connectivity index (χ1) is 9.24. The minimum Gasteiger partial charge on any atom is -0.469 e. The van der Waals surface area contributed by atoms with Crippen LogP contribution in [0.3, 0.4) is 0 Å². The van der Waals surface area contributed by atoms with Gasteiger partial charge in [0.1, 0.15) is 5.76 Å². The van der Waals surface area contributed by atoms with Crippen molar-refractivity contribution in [1.82, 2.24) is 5.32 Å². The molecule has 0 radical (unpaired) electrons. The summed E-state index contributed by atoms with van der Waals surface area (Å²) in [5.74, 6) is 1.62. The molecule has 0 aliphatic heterocycles. The number of rotatable bonds is 5. The maximum absolute atomic E-state index is 5.97. The monoisotopic (exact) mass is 263 g/mol. The lowest BCUT2D eigenvalue weighted by Gasteiger charge is -2.20. The van der Waals surface area contributed by atoms with E-state index in [1.165, 1.54) is 32.1 Å². The molecule has 1 saturated carbocycles. The standard InChI is InChI=1S/C15H25N3O/c1-12(9-10-14-8-5-11-19-14)17-15(16)18-13-6-3-2-4-7-13/h5,8,11-13H,2-4,6-7,9-10H2,1H3,(H3,16,17,18). The van der Waals surface area contributed by atoms with Gasteiger partial charge in [0.05, 0.1) is 12.3 Å². The molecule has 2 rings (SSSR count). The molecule has 0 bridgehead atoms. The Bertz CT molecular complexity index is 380. The highest BCUT2D eigenvalue weighted by Crippen LogP contribution is 2.19. The predicted octanol–water partition coefficient (Wildman–Crippen LogP) is 2.84. The zero-order chi connectivity index (χ0) is 13.5. The number of hydrogen-bond donors (Lipinski definition) is 2. The summed E-state index contributed by atoms with van der Waals surface area (Å²) in [5, 5.41) is 3.28. The van der Waals surface area contributed by atoms with Gasteiger partial charge in [0.15, 0.2) is 5.96 Å². The van der Waals surface area contributed by atoms with E-state index >= 15 is 0 Å². The number of nitrogens with one attached hydrogen (secondary N) is 1. The second kappa shape index (κ2) is 7.22. The van der Waals surface area contributed by atoms with Gasteiger partial charge in [-0.3, -0.25) is 4.99 Å². The Morgan fingerprint density at radius 3 is 2.95 bits per heavy atom. The maximum Gasteiger partial charge on any atom is 0.189 e. The number of nitrogens with zero attached hydrogens (tertiary/aromatic N) is 1. The molecule has 1 aromatic rings. The fourth-order valence-corrected chi connectivity index (χ4v) is 2.58. The minimum atomic E-state index is 0.317. The molecule has 0 saturated heterocycles. The lowest BCUT2D eigenvalue weighted by Crippen LogP contribution is -2.39. The molecule has 0 amide bonds. The van der Waals surface area contributed by atoms with E-state index in [4.69, 9.17) is 10.2 Å². The summed E-state index contributed by atoms with van der Waals surface area (Å²) >= 11 is 0. The molecule has 4 nitrogen and oxygen atoms in total. The van der Waals surface area contributed by atoms with Crippen molar-refractivity contribution in [3.05, 3.63) is 24.2 Å². The van der Waals surface area contributed by atoms with Crippen molar-refractivity contribution in [2.75, 3.05) is 0 Å². The first-order valence-corrected chi connectivity index (χ1v) is 7.36. The third-order valence-electron chi connectivity index (χ3n) is 3.69. The van der Waals surface area contributed by atoms with Gasteiger partial charge in [0.2, 0.25) is 0 Å². The van der Waals surface area contributed by atoms with E-state index in [1.54, 1.807) is 6.26 Å². The minimum absolute atomic E-state index is 0.317. The van der Waals surface area contributed by atoms with E-state index in [-0.39, 0.29) is 0 Å². The van der Waals surface area contributed by atoms with E-state index in [2.05, 4.69) is 17.2 Å². The van der Waals surface area contributed by atoms with Gasteiger partial charge in [-0.05, 0) is 38.3 Å². The molecule has 106 valence electrons. The zero-order valence-electron chi connectivity index (χ0n) is 11.8. The number of hydrogen-bond acceptors (Lipinski definition) is 2.